The Morgan fingerprint density at radius 1 is 1.43 bits per heavy atom. The van der Waals surface area contributed by atoms with E-state index < -0.39 is 12.0 Å². The van der Waals surface area contributed by atoms with Crippen molar-refractivity contribution in [1.82, 2.24) is 0 Å². The standard InChI is InChI=1S/C10H17NO3/c1-3-4-5-6-7-9(11-8-12)10(13)14-2/h9H,3-7H2,1-2H3/t9-/m0/s1. The van der Waals surface area contributed by atoms with Gasteiger partial charge in [-0.05, 0) is 6.42 Å². The monoisotopic (exact) mass is 199 g/mol. The molecule has 0 aliphatic rings. The minimum atomic E-state index is -0.658. The summed E-state index contributed by atoms with van der Waals surface area (Å²) in [4.78, 5) is 24.5. The number of methoxy groups -OCH3 is 1. The first-order valence-electron chi connectivity index (χ1n) is 4.91. The minimum Gasteiger partial charge on any atom is -0.467 e. The van der Waals surface area contributed by atoms with E-state index in [4.69, 9.17) is 0 Å². The molecule has 0 heterocycles. The molecule has 4 heteroatoms. The van der Waals surface area contributed by atoms with Gasteiger partial charge in [0.15, 0.2) is 6.04 Å². The fraction of sp³-hybridized carbons (Fsp3) is 0.800. The number of ether oxygens (including phenoxy) is 1. The highest BCUT2D eigenvalue weighted by atomic mass is 16.5. The van der Waals surface area contributed by atoms with Gasteiger partial charge in [-0.3, -0.25) is 0 Å². The predicted octanol–water partition coefficient (Wildman–Crippen LogP) is 1.83. The Morgan fingerprint density at radius 3 is 2.64 bits per heavy atom. The van der Waals surface area contributed by atoms with Gasteiger partial charge in [0.05, 0.1) is 7.11 Å². The van der Waals surface area contributed by atoms with Crippen LogP contribution in [0.5, 0.6) is 0 Å². The molecule has 0 aliphatic carbocycles. The first-order chi connectivity index (χ1) is 6.76. The lowest BCUT2D eigenvalue weighted by Gasteiger charge is -2.07. The molecule has 4 nitrogen and oxygen atoms in total. The molecule has 0 bridgehead atoms. The average molecular weight is 199 g/mol. The zero-order valence-electron chi connectivity index (χ0n) is 8.78. The summed E-state index contributed by atoms with van der Waals surface area (Å²) < 4.78 is 4.51. The third-order valence-electron chi connectivity index (χ3n) is 2.01. The summed E-state index contributed by atoms with van der Waals surface area (Å²) in [5.41, 5.74) is 0. The smallest absolute Gasteiger partial charge is 0.331 e. The third kappa shape index (κ3) is 5.49. The number of isocyanates is 1. The van der Waals surface area contributed by atoms with Gasteiger partial charge in [-0.1, -0.05) is 32.6 Å². The molecule has 0 aromatic heterocycles. The largest absolute Gasteiger partial charge is 0.467 e. The topological polar surface area (TPSA) is 55.7 Å². The van der Waals surface area contributed by atoms with Crippen molar-refractivity contribution >= 4 is 12.0 Å². The average Bonchev–Trinajstić information content (AvgIpc) is 2.21. The lowest BCUT2D eigenvalue weighted by Crippen LogP contribution is -2.19. The zero-order chi connectivity index (χ0) is 10.8. The van der Waals surface area contributed by atoms with Crippen LogP contribution in [-0.4, -0.2) is 25.2 Å². The molecule has 0 aromatic rings. The fourth-order valence-corrected chi connectivity index (χ4v) is 1.20. The van der Waals surface area contributed by atoms with Crippen molar-refractivity contribution in [3.05, 3.63) is 0 Å². The molecule has 0 aliphatic heterocycles. The summed E-state index contributed by atoms with van der Waals surface area (Å²) in [5.74, 6) is -0.454. The Kier molecular flexibility index (Phi) is 7.75. The van der Waals surface area contributed by atoms with Crippen LogP contribution in [0.3, 0.4) is 0 Å². The fourth-order valence-electron chi connectivity index (χ4n) is 1.20. The predicted molar refractivity (Wildman–Crippen MR) is 52.7 cm³/mol. The first-order valence-corrected chi connectivity index (χ1v) is 4.91. The van der Waals surface area contributed by atoms with E-state index >= 15 is 0 Å². The quantitative estimate of drug-likeness (QED) is 0.272. The molecule has 0 saturated carbocycles. The van der Waals surface area contributed by atoms with Crippen molar-refractivity contribution in [3.8, 4) is 0 Å². The van der Waals surface area contributed by atoms with Crippen LogP contribution in [0, 0.1) is 0 Å². The molecule has 80 valence electrons. The van der Waals surface area contributed by atoms with E-state index in [0.717, 1.165) is 25.7 Å². The Bertz CT molecular complexity index is 209. The number of aliphatic imine (C=N–C) groups is 1. The van der Waals surface area contributed by atoms with Gasteiger partial charge in [-0.2, -0.15) is 4.99 Å². The highest BCUT2D eigenvalue weighted by Gasteiger charge is 2.16. The van der Waals surface area contributed by atoms with Crippen molar-refractivity contribution in [2.45, 2.75) is 45.1 Å². The number of carbonyl (C=O) groups is 1. The van der Waals surface area contributed by atoms with Gasteiger partial charge >= 0.3 is 5.97 Å². The van der Waals surface area contributed by atoms with Crippen LogP contribution in [-0.2, 0) is 14.3 Å². The molecule has 0 unspecified atom stereocenters. The Hall–Kier alpha value is -1.15. The van der Waals surface area contributed by atoms with E-state index in [1.165, 1.54) is 13.2 Å². The van der Waals surface area contributed by atoms with E-state index in [0.29, 0.717) is 6.42 Å². The van der Waals surface area contributed by atoms with Crippen molar-refractivity contribution in [2.75, 3.05) is 7.11 Å². The molecule has 0 aromatic carbocycles. The number of hydrogen-bond acceptors (Lipinski definition) is 4. The van der Waals surface area contributed by atoms with E-state index in [1.807, 2.05) is 0 Å². The van der Waals surface area contributed by atoms with Gasteiger partial charge in [0.1, 0.15) is 0 Å². The summed E-state index contributed by atoms with van der Waals surface area (Å²) in [6.45, 7) is 2.11. The Labute approximate surface area is 84.4 Å². The lowest BCUT2D eigenvalue weighted by molar-refractivity contribution is -0.142. The first kappa shape index (κ1) is 12.8. The van der Waals surface area contributed by atoms with Gasteiger partial charge < -0.3 is 4.74 Å². The number of rotatable bonds is 7. The van der Waals surface area contributed by atoms with E-state index in [2.05, 4.69) is 16.7 Å². The Balaban J connectivity index is 3.85. The maximum Gasteiger partial charge on any atom is 0.331 e. The van der Waals surface area contributed by atoms with Gasteiger partial charge in [0.2, 0.25) is 6.08 Å². The van der Waals surface area contributed by atoms with Gasteiger partial charge in [-0.15, -0.1) is 0 Å². The van der Waals surface area contributed by atoms with Gasteiger partial charge in [-0.25, -0.2) is 9.59 Å². The second-order valence-corrected chi connectivity index (χ2v) is 3.11. The minimum absolute atomic E-state index is 0.454. The summed E-state index contributed by atoms with van der Waals surface area (Å²) in [7, 11) is 1.29. The van der Waals surface area contributed by atoms with E-state index in [9.17, 15) is 9.59 Å². The maximum absolute atomic E-state index is 11.1. The molecule has 0 radical (unpaired) electrons. The summed E-state index contributed by atoms with van der Waals surface area (Å²) >= 11 is 0. The molecule has 0 amide bonds. The number of esters is 1. The molecule has 0 N–H and O–H groups in total. The van der Waals surface area contributed by atoms with Crippen LogP contribution in [0.1, 0.15) is 39.0 Å². The normalized spacial score (nSPS) is 11.6. The second-order valence-electron chi connectivity index (χ2n) is 3.11. The third-order valence-corrected chi connectivity index (χ3v) is 2.01. The van der Waals surface area contributed by atoms with Crippen LogP contribution < -0.4 is 0 Å². The van der Waals surface area contributed by atoms with Crippen LogP contribution in [0.25, 0.3) is 0 Å². The highest BCUT2D eigenvalue weighted by molar-refractivity contribution is 5.76. The van der Waals surface area contributed by atoms with Crippen molar-refractivity contribution in [1.29, 1.82) is 0 Å². The number of unbranched alkanes of at least 4 members (excludes halogenated alkanes) is 3. The molecule has 0 spiro atoms. The highest BCUT2D eigenvalue weighted by Crippen LogP contribution is 2.08. The van der Waals surface area contributed by atoms with E-state index in [-0.39, 0.29) is 0 Å². The number of nitrogens with zero attached hydrogens (tertiary/aromatic N) is 1. The molecule has 0 saturated heterocycles. The molecular formula is C10H17NO3. The van der Waals surface area contributed by atoms with Crippen LogP contribution in [0.15, 0.2) is 4.99 Å². The molecule has 0 fully saturated rings. The zero-order valence-corrected chi connectivity index (χ0v) is 8.78. The molecule has 14 heavy (non-hydrogen) atoms. The van der Waals surface area contributed by atoms with Crippen molar-refractivity contribution < 1.29 is 14.3 Å². The van der Waals surface area contributed by atoms with Crippen LogP contribution in [0.2, 0.25) is 0 Å². The van der Waals surface area contributed by atoms with Crippen molar-refractivity contribution in [3.63, 3.8) is 0 Å². The molecular weight excluding hydrogens is 182 g/mol. The molecule has 0 rings (SSSR count). The van der Waals surface area contributed by atoms with E-state index in [1.54, 1.807) is 0 Å². The van der Waals surface area contributed by atoms with Gasteiger partial charge in [0.25, 0.3) is 0 Å². The summed E-state index contributed by atoms with van der Waals surface area (Å²) in [6.07, 6.45) is 6.19. The maximum atomic E-state index is 11.1. The van der Waals surface area contributed by atoms with Gasteiger partial charge in [0, 0.05) is 0 Å². The number of carbonyl (C=O) groups excluding carboxylic acids is 2. The Morgan fingerprint density at radius 2 is 2.14 bits per heavy atom. The van der Waals surface area contributed by atoms with Crippen LogP contribution in [0.4, 0.5) is 0 Å². The van der Waals surface area contributed by atoms with Crippen molar-refractivity contribution in [2.24, 2.45) is 4.99 Å². The van der Waals surface area contributed by atoms with Crippen LogP contribution >= 0.6 is 0 Å². The second kappa shape index (κ2) is 8.45. The number of hydrogen-bond donors (Lipinski definition) is 0. The lowest BCUT2D eigenvalue weighted by atomic mass is 10.1. The molecule has 1 atom stereocenters. The summed E-state index contributed by atoms with van der Waals surface area (Å²) in [6, 6.07) is -0.658. The SMILES string of the molecule is CCCCCC[C@H](N=C=O)C(=O)OC. The summed E-state index contributed by atoms with van der Waals surface area (Å²) in [5, 5.41) is 0.